The van der Waals surface area contributed by atoms with Crippen LogP contribution in [-0.4, -0.2) is 14.5 Å². The molecule has 1 aromatic rings. The van der Waals surface area contributed by atoms with E-state index in [2.05, 4.69) is 18.6 Å². The number of halogens is 1. The van der Waals surface area contributed by atoms with Crippen LogP contribution in [-0.2, 0) is 16.6 Å². The molecular weight excluding hydrogens is 296 g/mol. The lowest BCUT2D eigenvalue weighted by Gasteiger charge is -2.22. The summed E-state index contributed by atoms with van der Waals surface area (Å²) < 4.78 is 27.6. The molecule has 0 bridgehead atoms. The molecule has 0 radical (unpaired) electrons. The molecule has 1 unspecified atom stereocenters. The average molecular weight is 319 g/mol. The Bertz CT molecular complexity index is 542. The van der Waals surface area contributed by atoms with Gasteiger partial charge in [-0.05, 0) is 30.5 Å². The van der Waals surface area contributed by atoms with Crippen LogP contribution in [0.25, 0.3) is 0 Å². The second kappa shape index (κ2) is 7.41. The van der Waals surface area contributed by atoms with E-state index in [1.807, 2.05) is 6.92 Å². The molecule has 1 rings (SSSR count). The fourth-order valence-corrected chi connectivity index (χ4v) is 4.14. The van der Waals surface area contributed by atoms with Crippen molar-refractivity contribution in [1.82, 2.24) is 4.72 Å². The summed E-state index contributed by atoms with van der Waals surface area (Å²) >= 11 is 6.01. The van der Waals surface area contributed by atoms with Gasteiger partial charge < -0.3 is 5.73 Å². The molecule has 0 saturated carbocycles. The number of nitrogens with two attached hydrogens (primary N) is 1. The maximum absolute atomic E-state index is 12.4. The van der Waals surface area contributed by atoms with Gasteiger partial charge in [-0.3, -0.25) is 0 Å². The molecule has 20 heavy (non-hydrogen) atoms. The van der Waals surface area contributed by atoms with Crippen molar-refractivity contribution in [3.05, 3.63) is 28.8 Å². The van der Waals surface area contributed by atoms with Crippen molar-refractivity contribution in [1.29, 1.82) is 0 Å². The van der Waals surface area contributed by atoms with E-state index in [-0.39, 0.29) is 22.5 Å². The van der Waals surface area contributed by atoms with Gasteiger partial charge in [-0.15, -0.1) is 0 Å². The minimum Gasteiger partial charge on any atom is -0.326 e. The Hall–Kier alpha value is -0.620. The number of nitrogens with one attached hydrogen (secondary N) is 1. The summed E-state index contributed by atoms with van der Waals surface area (Å²) in [7, 11) is -3.63. The lowest BCUT2D eigenvalue weighted by atomic mass is 9.96. The number of hydrogen-bond acceptors (Lipinski definition) is 3. The van der Waals surface area contributed by atoms with Crippen molar-refractivity contribution < 1.29 is 8.42 Å². The molecule has 1 aromatic carbocycles. The first kappa shape index (κ1) is 17.4. The van der Waals surface area contributed by atoms with Gasteiger partial charge >= 0.3 is 0 Å². The summed E-state index contributed by atoms with van der Waals surface area (Å²) in [5, 5.41) is 0.214. The Morgan fingerprint density at radius 3 is 2.40 bits per heavy atom. The molecule has 0 fully saturated rings. The van der Waals surface area contributed by atoms with Gasteiger partial charge in [0, 0.05) is 12.6 Å². The zero-order valence-electron chi connectivity index (χ0n) is 12.2. The van der Waals surface area contributed by atoms with Crippen molar-refractivity contribution in [2.75, 3.05) is 0 Å². The van der Waals surface area contributed by atoms with Crippen LogP contribution in [0, 0.1) is 5.92 Å². The minimum absolute atomic E-state index is 0.0972. The summed E-state index contributed by atoms with van der Waals surface area (Å²) in [5.74, 6) is 0.307. The molecule has 0 heterocycles. The highest BCUT2D eigenvalue weighted by Gasteiger charge is 2.24. The van der Waals surface area contributed by atoms with Crippen molar-refractivity contribution >= 4 is 21.6 Å². The van der Waals surface area contributed by atoms with E-state index in [9.17, 15) is 8.42 Å². The predicted octanol–water partition coefficient (Wildman–Crippen LogP) is 2.90. The fourth-order valence-electron chi connectivity index (χ4n) is 2.28. The monoisotopic (exact) mass is 318 g/mol. The second-order valence-corrected chi connectivity index (χ2v) is 7.05. The van der Waals surface area contributed by atoms with Gasteiger partial charge in [0.25, 0.3) is 0 Å². The molecule has 0 spiro atoms. The topological polar surface area (TPSA) is 72.2 Å². The summed E-state index contributed by atoms with van der Waals surface area (Å²) in [5.41, 5.74) is 6.29. The Morgan fingerprint density at radius 2 is 1.90 bits per heavy atom. The van der Waals surface area contributed by atoms with E-state index in [0.29, 0.717) is 5.92 Å². The number of hydrogen-bond donors (Lipinski definition) is 2. The van der Waals surface area contributed by atoms with E-state index in [1.165, 1.54) is 6.07 Å². The summed E-state index contributed by atoms with van der Waals surface area (Å²) in [4.78, 5) is 0.0972. The summed E-state index contributed by atoms with van der Waals surface area (Å²) in [6.07, 6.45) is 1.85. The van der Waals surface area contributed by atoms with Crippen molar-refractivity contribution in [2.45, 2.75) is 51.1 Å². The smallest absolute Gasteiger partial charge is 0.242 e. The van der Waals surface area contributed by atoms with E-state index in [4.69, 9.17) is 17.3 Å². The highest BCUT2D eigenvalue weighted by atomic mass is 35.5. The maximum Gasteiger partial charge on any atom is 0.242 e. The van der Waals surface area contributed by atoms with Gasteiger partial charge in [0.2, 0.25) is 10.0 Å². The van der Waals surface area contributed by atoms with Crippen LogP contribution in [0.1, 0.15) is 39.2 Å². The molecule has 4 nitrogen and oxygen atoms in total. The summed E-state index contributed by atoms with van der Waals surface area (Å²) in [6, 6.07) is 4.70. The van der Waals surface area contributed by atoms with E-state index in [0.717, 1.165) is 18.4 Å². The van der Waals surface area contributed by atoms with Crippen molar-refractivity contribution in [2.24, 2.45) is 11.7 Å². The Balaban J connectivity index is 3.05. The van der Waals surface area contributed by atoms with E-state index >= 15 is 0 Å². The van der Waals surface area contributed by atoms with Crippen LogP contribution < -0.4 is 10.5 Å². The van der Waals surface area contributed by atoms with Gasteiger partial charge in [-0.2, -0.15) is 0 Å². The largest absolute Gasteiger partial charge is 0.326 e. The van der Waals surface area contributed by atoms with Crippen molar-refractivity contribution in [3.8, 4) is 0 Å². The van der Waals surface area contributed by atoms with Gasteiger partial charge in [0.15, 0.2) is 0 Å². The van der Waals surface area contributed by atoms with Crippen LogP contribution in [0.2, 0.25) is 5.02 Å². The molecule has 0 saturated heterocycles. The van der Waals surface area contributed by atoms with Gasteiger partial charge in [0.05, 0.1) is 5.02 Å². The average Bonchev–Trinajstić information content (AvgIpc) is 2.39. The van der Waals surface area contributed by atoms with Gasteiger partial charge in [0.1, 0.15) is 4.90 Å². The van der Waals surface area contributed by atoms with Gasteiger partial charge in [-0.1, -0.05) is 44.4 Å². The highest BCUT2D eigenvalue weighted by molar-refractivity contribution is 7.89. The predicted molar refractivity (Wildman–Crippen MR) is 83.2 cm³/mol. The molecule has 0 aliphatic carbocycles. The first-order valence-corrected chi connectivity index (χ1v) is 8.72. The first-order chi connectivity index (χ1) is 9.35. The summed E-state index contributed by atoms with van der Waals surface area (Å²) in [6.45, 7) is 6.28. The lowest BCUT2D eigenvalue weighted by Crippen LogP contribution is -2.37. The number of benzene rings is 1. The zero-order chi connectivity index (χ0) is 15.3. The second-order valence-electron chi connectivity index (χ2n) is 4.96. The highest BCUT2D eigenvalue weighted by Crippen LogP contribution is 2.24. The normalized spacial score (nSPS) is 13.7. The molecule has 0 amide bonds. The standard InChI is InChI=1S/C14H23ClN2O2S/c1-4-12(5-2)10(3)17-20(18,19)14-8-11(9-16)6-7-13(14)15/h6-8,10,12,17H,4-5,9,16H2,1-3H3. The molecule has 0 aliphatic rings. The molecule has 114 valence electrons. The van der Waals surface area contributed by atoms with Crippen LogP contribution in [0.5, 0.6) is 0 Å². The molecule has 6 heteroatoms. The van der Waals surface area contributed by atoms with Crippen LogP contribution in [0.4, 0.5) is 0 Å². The van der Waals surface area contributed by atoms with Crippen LogP contribution in [0.3, 0.4) is 0 Å². The number of sulfonamides is 1. The van der Waals surface area contributed by atoms with Gasteiger partial charge in [-0.25, -0.2) is 13.1 Å². The minimum atomic E-state index is -3.63. The van der Waals surface area contributed by atoms with E-state index in [1.54, 1.807) is 12.1 Å². The maximum atomic E-state index is 12.4. The van der Waals surface area contributed by atoms with Crippen LogP contribution in [0.15, 0.2) is 23.1 Å². The molecular formula is C14H23ClN2O2S. The van der Waals surface area contributed by atoms with Crippen LogP contribution >= 0.6 is 11.6 Å². The third kappa shape index (κ3) is 4.19. The number of rotatable bonds is 7. The Kier molecular flexibility index (Phi) is 6.45. The zero-order valence-corrected chi connectivity index (χ0v) is 13.8. The first-order valence-electron chi connectivity index (χ1n) is 6.86. The molecule has 0 aliphatic heterocycles. The molecule has 3 N–H and O–H groups in total. The molecule has 0 aromatic heterocycles. The fraction of sp³-hybridized carbons (Fsp3) is 0.571. The lowest BCUT2D eigenvalue weighted by molar-refractivity contribution is 0.391. The Morgan fingerprint density at radius 1 is 1.30 bits per heavy atom. The SMILES string of the molecule is CCC(CC)C(C)NS(=O)(=O)c1cc(CN)ccc1Cl. The quantitative estimate of drug-likeness (QED) is 0.812. The van der Waals surface area contributed by atoms with Crippen molar-refractivity contribution in [3.63, 3.8) is 0 Å². The third-order valence-corrected chi connectivity index (χ3v) is 5.66. The molecule has 1 atom stereocenters. The third-order valence-electron chi connectivity index (χ3n) is 3.62. The Labute approximate surface area is 126 Å². The van der Waals surface area contributed by atoms with E-state index < -0.39 is 10.0 Å².